The quantitative estimate of drug-likeness (QED) is 0.863. The number of benzene rings is 1. The smallest absolute Gasteiger partial charge is 0.408 e. The molecule has 1 amide bonds. The van der Waals surface area contributed by atoms with E-state index in [2.05, 4.69) is 5.32 Å². The van der Waals surface area contributed by atoms with E-state index in [9.17, 15) is 14.7 Å². The Kier molecular flexibility index (Phi) is 5.49. The zero-order valence-corrected chi connectivity index (χ0v) is 14.4. The summed E-state index contributed by atoms with van der Waals surface area (Å²) in [4.78, 5) is 23.7. The lowest BCUT2D eigenvalue weighted by Crippen LogP contribution is -2.54. The predicted octanol–water partition coefficient (Wildman–Crippen LogP) is 3.10. The third-order valence-corrected chi connectivity index (χ3v) is 3.95. The Morgan fingerprint density at radius 3 is 2.54 bits per heavy atom. The van der Waals surface area contributed by atoms with Gasteiger partial charge in [0.1, 0.15) is 11.1 Å². The Balaban J connectivity index is 1.94. The molecule has 1 aliphatic rings. The van der Waals surface area contributed by atoms with Gasteiger partial charge in [0.25, 0.3) is 0 Å². The second kappa shape index (κ2) is 7.21. The maximum absolute atomic E-state index is 12.0. The molecule has 1 aliphatic carbocycles. The average molecular weight is 335 g/mol. The monoisotopic (exact) mass is 335 g/mol. The molecule has 2 atom stereocenters. The van der Waals surface area contributed by atoms with Crippen molar-refractivity contribution in [3.05, 3.63) is 35.9 Å². The van der Waals surface area contributed by atoms with E-state index in [1.807, 2.05) is 30.3 Å². The van der Waals surface area contributed by atoms with Gasteiger partial charge in [-0.05, 0) is 39.2 Å². The van der Waals surface area contributed by atoms with Crippen LogP contribution in [0.15, 0.2) is 30.3 Å². The van der Waals surface area contributed by atoms with E-state index in [1.54, 1.807) is 20.8 Å². The summed E-state index contributed by atoms with van der Waals surface area (Å²) < 4.78 is 11.0. The molecule has 6 nitrogen and oxygen atoms in total. The predicted molar refractivity (Wildman–Crippen MR) is 88.6 cm³/mol. The van der Waals surface area contributed by atoms with Crippen LogP contribution in [0.4, 0.5) is 4.79 Å². The van der Waals surface area contributed by atoms with Gasteiger partial charge in [0.2, 0.25) is 0 Å². The lowest BCUT2D eigenvalue weighted by molar-refractivity contribution is -0.145. The van der Waals surface area contributed by atoms with Crippen LogP contribution in [0.1, 0.15) is 45.6 Å². The maximum Gasteiger partial charge on any atom is 0.408 e. The number of amides is 1. The first kappa shape index (κ1) is 18.3. The van der Waals surface area contributed by atoms with E-state index in [4.69, 9.17) is 9.47 Å². The fraction of sp³-hybridized carbons (Fsp3) is 0.556. The second-order valence-corrected chi connectivity index (χ2v) is 7.18. The van der Waals surface area contributed by atoms with Crippen molar-refractivity contribution < 1.29 is 24.2 Å². The minimum Gasteiger partial charge on any atom is -0.480 e. The molecule has 0 heterocycles. The molecule has 2 rings (SSSR count). The summed E-state index contributed by atoms with van der Waals surface area (Å²) in [7, 11) is 0. The Morgan fingerprint density at radius 2 is 1.96 bits per heavy atom. The Hall–Kier alpha value is -2.08. The summed E-state index contributed by atoms with van der Waals surface area (Å²) in [6, 6.07) is 9.70. The highest BCUT2D eigenvalue weighted by molar-refractivity contribution is 5.85. The van der Waals surface area contributed by atoms with Crippen LogP contribution in [-0.4, -0.2) is 34.4 Å². The highest BCUT2D eigenvalue weighted by atomic mass is 16.6. The Morgan fingerprint density at radius 1 is 1.29 bits per heavy atom. The van der Waals surface area contributed by atoms with Gasteiger partial charge >= 0.3 is 12.1 Å². The molecular weight excluding hydrogens is 310 g/mol. The molecule has 24 heavy (non-hydrogen) atoms. The molecule has 0 radical (unpaired) electrons. The van der Waals surface area contributed by atoms with Crippen molar-refractivity contribution in [3.63, 3.8) is 0 Å². The topological polar surface area (TPSA) is 84.9 Å². The van der Waals surface area contributed by atoms with Gasteiger partial charge in [-0.2, -0.15) is 0 Å². The molecular formula is C18H25NO5. The van der Waals surface area contributed by atoms with Crippen LogP contribution in [0, 0.1) is 0 Å². The second-order valence-electron chi connectivity index (χ2n) is 7.18. The van der Waals surface area contributed by atoms with Crippen molar-refractivity contribution in [2.45, 2.75) is 63.9 Å². The fourth-order valence-corrected chi connectivity index (χ4v) is 2.79. The molecule has 0 aliphatic heterocycles. The number of carboxylic acids is 1. The van der Waals surface area contributed by atoms with Gasteiger partial charge in [0.15, 0.2) is 0 Å². The number of carboxylic acid groups (broad SMARTS) is 1. The van der Waals surface area contributed by atoms with Crippen LogP contribution in [0.25, 0.3) is 0 Å². The van der Waals surface area contributed by atoms with Crippen molar-refractivity contribution in [1.82, 2.24) is 5.32 Å². The van der Waals surface area contributed by atoms with E-state index in [0.29, 0.717) is 19.4 Å². The highest BCUT2D eigenvalue weighted by Crippen LogP contribution is 2.33. The van der Waals surface area contributed by atoms with Crippen molar-refractivity contribution in [3.8, 4) is 0 Å². The number of alkyl carbamates (subject to hydrolysis) is 1. The Bertz CT molecular complexity index is 581. The zero-order chi connectivity index (χ0) is 17.8. The molecule has 0 saturated heterocycles. The summed E-state index contributed by atoms with van der Waals surface area (Å²) in [5, 5.41) is 12.1. The molecule has 1 saturated carbocycles. The minimum absolute atomic E-state index is 0.212. The minimum atomic E-state index is -1.33. The summed E-state index contributed by atoms with van der Waals surface area (Å²) in [6.07, 6.45) is 0.203. The van der Waals surface area contributed by atoms with E-state index < -0.39 is 23.2 Å². The van der Waals surface area contributed by atoms with Crippen LogP contribution in [0.2, 0.25) is 0 Å². The van der Waals surface area contributed by atoms with Crippen LogP contribution < -0.4 is 5.32 Å². The third-order valence-electron chi connectivity index (χ3n) is 3.95. The highest BCUT2D eigenvalue weighted by Gasteiger charge is 2.48. The van der Waals surface area contributed by atoms with E-state index in [1.165, 1.54) is 0 Å². The number of aliphatic carboxylic acids is 1. The lowest BCUT2D eigenvalue weighted by atomic mass is 9.98. The molecule has 6 heteroatoms. The fourth-order valence-electron chi connectivity index (χ4n) is 2.79. The summed E-state index contributed by atoms with van der Waals surface area (Å²) in [5.41, 5.74) is -0.972. The van der Waals surface area contributed by atoms with Gasteiger partial charge in [0, 0.05) is 6.42 Å². The first-order chi connectivity index (χ1) is 11.2. The number of hydrogen-bond donors (Lipinski definition) is 2. The SMILES string of the molecule is CC(C)(C)OC(=O)N[C@]1(C(=O)O)CC[C@@H](OCc2ccccc2)C1. The molecule has 0 bridgehead atoms. The first-order valence-electron chi connectivity index (χ1n) is 8.10. The van der Waals surface area contributed by atoms with E-state index >= 15 is 0 Å². The largest absolute Gasteiger partial charge is 0.480 e. The number of carbonyl (C=O) groups is 2. The van der Waals surface area contributed by atoms with Gasteiger partial charge in [-0.1, -0.05) is 30.3 Å². The van der Waals surface area contributed by atoms with Crippen molar-refractivity contribution in [1.29, 1.82) is 0 Å². The van der Waals surface area contributed by atoms with Crippen LogP contribution in [0.3, 0.4) is 0 Å². The third kappa shape index (κ3) is 4.96. The Labute approximate surface area is 142 Å². The number of nitrogens with one attached hydrogen (secondary N) is 1. The normalized spacial score (nSPS) is 23.7. The first-order valence-corrected chi connectivity index (χ1v) is 8.10. The maximum atomic E-state index is 12.0. The zero-order valence-electron chi connectivity index (χ0n) is 14.4. The molecule has 2 N–H and O–H groups in total. The molecule has 1 aromatic rings. The van der Waals surface area contributed by atoms with Crippen molar-refractivity contribution >= 4 is 12.1 Å². The van der Waals surface area contributed by atoms with Crippen LogP contribution in [0.5, 0.6) is 0 Å². The van der Waals surface area contributed by atoms with Gasteiger partial charge in [-0.15, -0.1) is 0 Å². The van der Waals surface area contributed by atoms with Crippen molar-refractivity contribution in [2.75, 3.05) is 0 Å². The number of ether oxygens (including phenoxy) is 2. The standard InChI is InChI=1S/C18H25NO5/c1-17(2,3)24-16(22)19-18(15(20)21)10-9-14(11-18)23-12-13-7-5-4-6-8-13/h4-8,14H,9-12H2,1-3H3,(H,19,22)(H,20,21)/t14-,18-/m1/s1. The average Bonchev–Trinajstić information content (AvgIpc) is 2.89. The summed E-state index contributed by atoms with van der Waals surface area (Å²) in [5.74, 6) is -1.06. The van der Waals surface area contributed by atoms with Crippen LogP contribution in [-0.2, 0) is 20.9 Å². The molecule has 0 aromatic heterocycles. The molecule has 1 fully saturated rings. The number of carbonyl (C=O) groups excluding carboxylic acids is 1. The summed E-state index contributed by atoms with van der Waals surface area (Å²) >= 11 is 0. The van der Waals surface area contributed by atoms with Gasteiger partial charge in [-0.3, -0.25) is 0 Å². The molecule has 0 unspecified atom stereocenters. The van der Waals surface area contributed by atoms with Crippen molar-refractivity contribution in [2.24, 2.45) is 0 Å². The van der Waals surface area contributed by atoms with Gasteiger partial charge in [0.05, 0.1) is 12.7 Å². The molecule has 1 aromatic carbocycles. The van der Waals surface area contributed by atoms with Crippen LogP contribution >= 0.6 is 0 Å². The summed E-state index contributed by atoms with van der Waals surface area (Å²) in [6.45, 7) is 5.63. The van der Waals surface area contributed by atoms with Gasteiger partial charge in [-0.25, -0.2) is 9.59 Å². The van der Waals surface area contributed by atoms with E-state index in [0.717, 1.165) is 5.56 Å². The number of hydrogen-bond acceptors (Lipinski definition) is 4. The molecule has 132 valence electrons. The van der Waals surface area contributed by atoms with Gasteiger partial charge < -0.3 is 19.9 Å². The lowest BCUT2D eigenvalue weighted by Gasteiger charge is -2.28. The number of rotatable bonds is 5. The van der Waals surface area contributed by atoms with E-state index in [-0.39, 0.29) is 12.5 Å². The molecule has 0 spiro atoms.